The molecule has 2 heterocycles. The number of carbonyl (C=O) groups excluding carboxylic acids is 2. The average molecular weight is 591 g/mol. The highest BCUT2D eigenvalue weighted by Gasteiger charge is 2.32. The molecule has 0 aliphatic carbocycles. The zero-order chi connectivity index (χ0) is 29.4. The Morgan fingerprint density at radius 3 is 2.49 bits per heavy atom. The number of rotatable bonds is 12. The fraction of sp³-hybridized carbons (Fsp3) is 0.400. The van der Waals surface area contributed by atoms with Gasteiger partial charge in [0.15, 0.2) is 11.5 Å². The van der Waals surface area contributed by atoms with Gasteiger partial charge in [0.2, 0.25) is 5.91 Å². The van der Waals surface area contributed by atoms with Gasteiger partial charge < -0.3 is 24.0 Å². The Hall–Kier alpha value is -3.57. The number of halogens is 3. The van der Waals surface area contributed by atoms with Gasteiger partial charge in [-0.15, -0.1) is 11.3 Å². The number of methoxy groups -OCH3 is 2. The van der Waals surface area contributed by atoms with Gasteiger partial charge in [-0.05, 0) is 66.6 Å². The van der Waals surface area contributed by atoms with E-state index in [9.17, 15) is 22.8 Å². The van der Waals surface area contributed by atoms with E-state index < -0.39 is 17.6 Å². The molecule has 3 aromatic rings. The number of alkyl halides is 3. The summed E-state index contributed by atoms with van der Waals surface area (Å²) in [5.41, 5.74) is -0.107. The summed E-state index contributed by atoms with van der Waals surface area (Å²) in [7, 11) is 3.11. The van der Waals surface area contributed by atoms with E-state index in [0.717, 1.165) is 29.0 Å². The van der Waals surface area contributed by atoms with Crippen LogP contribution in [0.1, 0.15) is 39.2 Å². The Bertz CT molecular complexity index is 1310. The van der Waals surface area contributed by atoms with Crippen molar-refractivity contribution in [2.24, 2.45) is 0 Å². The third-order valence-corrected chi connectivity index (χ3v) is 7.76. The maximum absolute atomic E-state index is 13.7. The van der Waals surface area contributed by atoms with Crippen molar-refractivity contribution >= 4 is 23.2 Å². The van der Waals surface area contributed by atoms with Crippen LogP contribution in [0.2, 0.25) is 0 Å². The lowest BCUT2D eigenvalue weighted by atomic mass is 10.1. The highest BCUT2D eigenvalue weighted by molar-refractivity contribution is 7.09. The maximum atomic E-state index is 13.7. The summed E-state index contributed by atoms with van der Waals surface area (Å²) < 4.78 is 56.5. The van der Waals surface area contributed by atoms with Gasteiger partial charge >= 0.3 is 6.18 Å². The molecule has 0 bridgehead atoms. The van der Waals surface area contributed by atoms with Crippen LogP contribution < -0.4 is 9.47 Å². The first-order chi connectivity index (χ1) is 19.7. The Morgan fingerprint density at radius 2 is 1.83 bits per heavy atom. The molecule has 41 heavy (non-hydrogen) atoms. The molecule has 2 aromatic carbocycles. The van der Waals surface area contributed by atoms with Crippen LogP contribution in [0.15, 0.2) is 60.0 Å². The van der Waals surface area contributed by atoms with Crippen molar-refractivity contribution in [2.45, 2.75) is 38.1 Å². The van der Waals surface area contributed by atoms with E-state index >= 15 is 0 Å². The van der Waals surface area contributed by atoms with Crippen molar-refractivity contribution in [1.29, 1.82) is 0 Å². The van der Waals surface area contributed by atoms with E-state index in [-0.39, 0.29) is 30.7 Å². The zero-order valence-electron chi connectivity index (χ0n) is 23.0. The third kappa shape index (κ3) is 8.23. The van der Waals surface area contributed by atoms with Gasteiger partial charge in [-0.1, -0.05) is 18.2 Å². The lowest BCUT2D eigenvalue weighted by molar-refractivity contribution is -0.137. The van der Waals surface area contributed by atoms with Crippen LogP contribution in [-0.2, 0) is 28.7 Å². The number of thiophene rings is 1. The monoisotopic (exact) mass is 590 g/mol. The van der Waals surface area contributed by atoms with Crippen molar-refractivity contribution in [1.82, 2.24) is 9.80 Å². The second-order valence-electron chi connectivity index (χ2n) is 9.73. The number of amides is 2. The molecular weight excluding hydrogens is 557 g/mol. The Balaban J connectivity index is 1.55. The van der Waals surface area contributed by atoms with Gasteiger partial charge in [0.1, 0.15) is 6.54 Å². The minimum Gasteiger partial charge on any atom is -0.493 e. The molecule has 1 saturated heterocycles. The fourth-order valence-corrected chi connectivity index (χ4v) is 5.43. The first-order valence-electron chi connectivity index (χ1n) is 13.3. The first kappa shape index (κ1) is 30.4. The first-order valence-corrected chi connectivity index (χ1v) is 14.1. The standard InChI is InChI=1S/C30H33F3N2O5S/c1-38-26-11-10-21(16-27(26)39-2)12-13-34(19-25-9-5-15-41-25)28(36)20-35(18-24-8-4-14-40-24)29(37)22-6-3-7-23(17-22)30(31,32)33/h3,5-7,9-11,15-17,24H,4,8,12-14,18-20H2,1-2H3. The molecule has 1 unspecified atom stereocenters. The summed E-state index contributed by atoms with van der Waals surface area (Å²) in [6.07, 6.45) is -2.83. The van der Waals surface area contributed by atoms with Gasteiger partial charge in [0.25, 0.3) is 5.91 Å². The molecule has 0 radical (unpaired) electrons. The second kappa shape index (κ2) is 13.9. The van der Waals surface area contributed by atoms with E-state index in [1.54, 1.807) is 25.2 Å². The summed E-state index contributed by atoms with van der Waals surface area (Å²) >= 11 is 1.52. The van der Waals surface area contributed by atoms with E-state index in [0.29, 0.717) is 44.0 Å². The molecule has 0 saturated carbocycles. The zero-order valence-corrected chi connectivity index (χ0v) is 23.8. The predicted octanol–water partition coefficient (Wildman–Crippen LogP) is 5.68. The van der Waals surface area contributed by atoms with Crippen LogP contribution in [-0.4, -0.2) is 68.2 Å². The summed E-state index contributed by atoms with van der Waals surface area (Å²) in [6.45, 7) is 1.07. The van der Waals surface area contributed by atoms with Crippen LogP contribution in [0.3, 0.4) is 0 Å². The summed E-state index contributed by atoms with van der Waals surface area (Å²) in [5, 5.41) is 1.92. The minimum absolute atomic E-state index is 0.114. The molecule has 1 aliphatic rings. The molecule has 4 rings (SSSR count). The molecule has 1 aromatic heterocycles. The van der Waals surface area contributed by atoms with Crippen LogP contribution in [0.4, 0.5) is 13.2 Å². The molecule has 1 fully saturated rings. The quantitative estimate of drug-likeness (QED) is 0.272. The fourth-order valence-electron chi connectivity index (χ4n) is 4.71. The van der Waals surface area contributed by atoms with Crippen molar-refractivity contribution < 1.29 is 37.0 Å². The highest BCUT2D eigenvalue weighted by Crippen LogP contribution is 2.30. The molecule has 220 valence electrons. The molecular formula is C30H33F3N2O5S. The topological polar surface area (TPSA) is 68.3 Å². The predicted molar refractivity (Wildman–Crippen MR) is 149 cm³/mol. The van der Waals surface area contributed by atoms with Gasteiger partial charge in [0.05, 0.1) is 32.4 Å². The van der Waals surface area contributed by atoms with Crippen LogP contribution in [0, 0.1) is 0 Å². The Morgan fingerprint density at radius 1 is 1.02 bits per heavy atom. The Kier molecular flexibility index (Phi) is 10.3. The van der Waals surface area contributed by atoms with Crippen molar-refractivity contribution in [2.75, 3.05) is 40.5 Å². The lowest BCUT2D eigenvalue weighted by Crippen LogP contribution is -2.46. The summed E-state index contributed by atoms with van der Waals surface area (Å²) in [4.78, 5) is 31.2. The minimum atomic E-state index is -4.59. The van der Waals surface area contributed by atoms with Gasteiger partial charge in [0, 0.05) is 30.1 Å². The van der Waals surface area contributed by atoms with Crippen molar-refractivity contribution in [3.63, 3.8) is 0 Å². The smallest absolute Gasteiger partial charge is 0.416 e. The molecule has 11 heteroatoms. The van der Waals surface area contributed by atoms with Gasteiger partial charge in [-0.25, -0.2) is 0 Å². The molecule has 7 nitrogen and oxygen atoms in total. The van der Waals surface area contributed by atoms with E-state index in [4.69, 9.17) is 14.2 Å². The summed E-state index contributed by atoms with van der Waals surface area (Å²) in [6, 6.07) is 13.7. The number of nitrogens with zero attached hydrogens (tertiary/aromatic N) is 2. The highest BCUT2D eigenvalue weighted by atomic mass is 32.1. The van der Waals surface area contributed by atoms with Crippen LogP contribution >= 0.6 is 11.3 Å². The van der Waals surface area contributed by atoms with E-state index in [1.807, 2.05) is 29.6 Å². The normalized spacial score (nSPS) is 15.0. The molecule has 0 N–H and O–H groups in total. The van der Waals surface area contributed by atoms with Crippen LogP contribution in [0.25, 0.3) is 0 Å². The number of hydrogen-bond acceptors (Lipinski definition) is 6. The molecule has 2 amide bonds. The molecule has 0 spiro atoms. The Labute approximate surface area is 241 Å². The van der Waals surface area contributed by atoms with Gasteiger partial charge in [-0.2, -0.15) is 13.2 Å². The van der Waals surface area contributed by atoms with Crippen molar-refractivity contribution in [3.05, 3.63) is 81.5 Å². The maximum Gasteiger partial charge on any atom is 0.416 e. The number of hydrogen-bond donors (Lipinski definition) is 0. The molecule has 1 atom stereocenters. The molecule has 1 aliphatic heterocycles. The van der Waals surface area contributed by atoms with Crippen molar-refractivity contribution in [3.8, 4) is 11.5 Å². The van der Waals surface area contributed by atoms with Gasteiger partial charge in [-0.3, -0.25) is 9.59 Å². The van der Waals surface area contributed by atoms with Crippen LogP contribution in [0.5, 0.6) is 11.5 Å². The number of carbonyl (C=O) groups is 2. The SMILES string of the molecule is COc1ccc(CCN(Cc2cccs2)C(=O)CN(CC2CCCO2)C(=O)c2cccc(C(F)(F)F)c2)cc1OC. The number of benzene rings is 2. The summed E-state index contributed by atoms with van der Waals surface area (Å²) in [5.74, 6) is 0.226. The second-order valence-corrected chi connectivity index (χ2v) is 10.8. The van der Waals surface area contributed by atoms with E-state index in [2.05, 4.69) is 0 Å². The number of ether oxygens (including phenoxy) is 3. The average Bonchev–Trinajstić information content (AvgIpc) is 3.68. The largest absolute Gasteiger partial charge is 0.493 e. The van der Waals surface area contributed by atoms with E-state index in [1.165, 1.54) is 28.4 Å². The lowest BCUT2D eigenvalue weighted by Gasteiger charge is -2.29. The third-order valence-electron chi connectivity index (χ3n) is 6.90.